The SMILES string of the molecule is COc1ccc(NC(=O)C2CC3CCCCC3N2)cc1Cl.Cl. The fourth-order valence-electron chi connectivity index (χ4n) is 3.49. The number of rotatable bonds is 3. The number of amides is 1. The number of nitrogens with one attached hydrogen (secondary N) is 2. The van der Waals surface area contributed by atoms with Crippen molar-refractivity contribution in [3.63, 3.8) is 0 Å². The van der Waals surface area contributed by atoms with E-state index in [0.717, 1.165) is 6.42 Å². The first-order valence-electron chi connectivity index (χ1n) is 7.58. The van der Waals surface area contributed by atoms with Gasteiger partial charge in [0.15, 0.2) is 0 Å². The first-order chi connectivity index (χ1) is 10.2. The van der Waals surface area contributed by atoms with E-state index < -0.39 is 0 Å². The molecular weight excluding hydrogens is 323 g/mol. The van der Waals surface area contributed by atoms with E-state index in [4.69, 9.17) is 16.3 Å². The van der Waals surface area contributed by atoms with Gasteiger partial charge in [-0.05, 0) is 43.4 Å². The number of fused-ring (bicyclic) bond motifs is 1. The molecule has 1 aliphatic carbocycles. The Balaban J connectivity index is 0.00000176. The van der Waals surface area contributed by atoms with Gasteiger partial charge in [0, 0.05) is 11.7 Å². The van der Waals surface area contributed by atoms with Crippen molar-refractivity contribution in [2.45, 2.75) is 44.2 Å². The molecule has 2 aliphatic rings. The van der Waals surface area contributed by atoms with Gasteiger partial charge < -0.3 is 15.4 Å². The molecule has 1 saturated heterocycles. The first-order valence-corrected chi connectivity index (χ1v) is 7.95. The third-order valence-corrected chi connectivity index (χ3v) is 4.89. The van der Waals surface area contributed by atoms with Crippen LogP contribution in [0.25, 0.3) is 0 Å². The predicted octanol–water partition coefficient (Wildman–Crippen LogP) is 3.63. The summed E-state index contributed by atoms with van der Waals surface area (Å²) in [6, 6.07) is 5.73. The molecule has 1 aromatic carbocycles. The predicted molar refractivity (Wildman–Crippen MR) is 91.2 cm³/mol. The molecule has 1 heterocycles. The Morgan fingerprint density at radius 1 is 1.36 bits per heavy atom. The van der Waals surface area contributed by atoms with Crippen molar-refractivity contribution in [3.05, 3.63) is 23.2 Å². The lowest BCUT2D eigenvalue weighted by Crippen LogP contribution is -2.39. The number of carbonyl (C=O) groups is 1. The van der Waals surface area contributed by atoms with Crippen LogP contribution >= 0.6 is 24.0 Å². The minimum atomic E-state index is -0.0843. The summed E-state index contributed by atoms with van der Waals surface area (Å²) in [7, 11) is 1.57. The number of methoxy groups -OCH3 is 1. The molecule has 2 fully saturated rings. The summed E-state index contributed by atoms with van der Waals surface area (Å²) < 4.78 is 5.11. The molecule has 6 heteroatoms. The van der Waals surface area contributed by atoms with Gasteiger partial charge in [-0.1, -0.05) is 24.4 Å². The van der Waals surface area contributed by atoms with Crippen molar-refractivity contribution in [1.29, 1.82) is 0 Å². The zero-order valence-electron chi connectivity index (χ0n) is 12.6. The second-order valence-electron chi connectivity index (χ2n) is 5.94. The van der Waals surface area contributed by atoms with Crippen LogP contribution in [-0.4, -0.2) is 25.1 Å². The van der Waals surface area contributed by atoms with Crippen molar-refractivity contribution in [2.75, 3.05) is 12.4 Å². The van der Waals surface area contributed by atoms with Crippen LogP contribution in [0, 0.1) is 5.92 Å². The Hall–Kier alpha value is -0.970. The van der Waals surface area contributed by atoms with E-state index in [9.17, 15) is 4.79 Å². The van der Waals surface area contributed by atoms with Crippen LogP contribution in [0.1, 0.15) is 32.1 Å². The van der Waals surface area contributed by atoms with Crippen molar-refractivity contribution in [1.82, 2.24) is 5.32 Å². The third-order valence-electron chi connectivity index (χ3n) is 4.60. The van der Waals surface area contributed by atoms with Crippen molar-refractivity contribution in [3.8, 4) is 5.75 Å². The normalized spacial score (nSPS) is 26.7. The molecule has 2 N–H and O–H groups in total. The molecule has 1 aromatic rings. The molecule has 0 bridgehead atoms. The van der Waals surface area contributed by atoms with E-state index in [-0.39, 0.29) is 24.4 Å². The van der Waals surface area contributed by atoms with E-state index in [1.165, 1.54) is 25.7 Å². The van der Waals surface area contributed by atoms with Gasteiger partial charge in [0.1, 0.15) is 5.75 Å². The van der Waals surface area contributed by atoms with Crippen LogP contribution in [0.15, 0.2) is 18.2 Å². The average molecular weight is 345 g/mol. The van der Waals surface area contributed by atoms with Crippen LogP contribution in [-0.2, 0) is 4.79 Å². The molecular formula is C16H22Cl2N2O2. The number of carbonyl (C=O) groups excluding carboxylic acids is 1. The van der Waals surface area contributed by atoms with Crippen molar-refractivity contribution < 1.29 is 9.53 Å². The summed E-state index contributed by atoms with van der Waals surface area (Å²) in [6.07, 6.45) is 5.96. The highest BCUT2D eigenvalue weighted by Gasteiger charge is 2.38. The number of hydrogen-bond donors (Lipinski definition) is 2. The van der Waals surface area contributed by atoms with E-state index in [2.05, 4.69) is 10.6 Å². The van der Waals surface area contributed by atoms with Crippen LogP contribution in [0.3, 0.4) is 0 Å². The van der Waals surface area contributed by atoms with Gasteiger partial charge in [-0.3, -0.25) is 4.79 Å². The minimum absolute atomic E-state index is 0. The molecule has 1 aliphatic heterocycles. The molecule has 0 spiro atoms. The molecule has 1 saturated carbocycles. The lowest BCUT2D eigenvalue weighted by atomic mass is 9.85. The number of anilines is 1. The maximum absolute atomic E-state index is 12.4. The minimum Gasteiger partial charge on any atom is -0.495 e. The average Bonchev–Trinajstić information content (AvgIpc) is 2.91. The lowest BCUT2D eigenvalue weighted by Gasteiger charge is -2.24. The quantitative estimate of drug-likeness (QED) is 0.880. The summed E-state index contributed by atoms with van der Waals surface area (Å²) in [5, 5.41) is 6.93. The van der Waals surface area contributed by atoms with E-state index in [1.807, 2.05) is 6.07 Å². The van der Waals surface area contributed by atoms with Crippen LogP contribution < -0.4 is 15.4 Å². The Morgan fingerprint density at radius 3 is 2.82 bits per heavy atom. The summed E-state index contributed by atoms with van der Waals surface area (Å²) >= 11 is 6.08. The Bertz CT molecular complexity index is 525. The highest BCUT2D eigenvalue weighted by molar-refractivity contribution is 6.32. The molecule has 3 rings (SSSR count). The summed E-state index contributed by atoms with van der Waals surface area (Å²) in [5.41, 5.74) is 0.711. The molecule has 1 amide bonds. The number of hydrogen-bond acceptors (Lipinski definition) is 3. The Morgan fingerprint density at radius 2 is 2.14 bits per heavy atom. The number of ether oxygens (including phenoxy) is 1. The Labute approximate surface area is 142 Å². The third kappa shape index (κ3) is 3.67. The molecule has 3 unspecified atom stereocenters. The van der Waals surface area contributed by atoms with Crippen LogP contribution in [0.5, 0.6) is 5.75 Å². The van der Waals surface area contributed by atoms with E-state index >= 15 is 0 Å². The smallest absolute Gasteiger partial charge is 0.241 e. The summed E-state index contributed by atoms with van der Waals surface area (Å²) in [5.74, 6) is 1.30. The fraction of sp³-hybridized carbons (Fsp3) is 0.562. The van der Waals surface area contributed by atoms with Crippen molar-refractivity contribution >= 4 is 35.6 Å². The van der Waals surface area contributed by atoms with Gasteiger partial charge in [0.2, 0.25) is 5.91 Å². The highest BCUT2D eigenvalue weighted by Crippen LogP contribution is 2.34. The molecule has 0 aromatic heterocycles. The molecule has 4 nitrogen and oxygen atoms in total. The van der Waals surface area contributed by atoms with Gasteiger partial charge in [-0.15, -0.1) is 12.4 Å². The summed E-state index contributed by atoms with van der Waals surface area (Å²) in [4.78, 5) is 12.4. The van der Waals surface area contributed by atoms with Crippen LogP contribution in [0.4, 0.5) is 5.69 Å². The van der Waals surface area contributed by atoms with E-state index in [0.29, 0.717) is 28.4 Å². The highest BCUT2D eigenvalue weighted by atomic mass is 35.5. The first kappa shape index (κ1) is 17.4. The van der Waals surface area contributed by atoms with Gasteiger partial charge in [-0.2, -0.15) is 0 Å². The van der Waals surface area contributed by atoms with Gasteiger partial charge >= 0.3 is 0 Å². The van der Waals surface area contributed by atoms with Gasteiger partial charge in [-0.25, -0.2) is 0 Å². The van der Waals surface area contributed by atoms with Crippen LogP contribution in [0.2, 0.25) is 5.02 Å². The lowest BCUT2D eigenvalue weighted by molar-refractivity contribution is -0.117. The maximum atomic E-state index is 12.4. The molecule has 22 heavy (non-hydrogen) atoms. The largest absolute Gasteiger partial charge is 0.495 e. The topological polar surface area (TPSA) is 50.4 Å². The number of halogens is 2. The second-order valence-corrected chi connectivity index (χ2v) is 6.35. The maximum Gasteiger partial charge on any atom is 0.241 e. The number of benzene rings is 1. The van der Waals surface area contributed by atoms with Gasteiger partial charge in [0.25, 0.3) is 0 Å². The molecule has 3 atom stereocenters. The second kappa shape index (κ2) is 7.53. The zero-order valence-corrected chi connectivity index (χ0v) is 14.2. The molecule has 122 valence electrons. The molecule has 0 radical (unpaired) electrons. The monoisotopic (exact) mass is 344 g/mol. The fourth-order valence-corrected chi connectivity index (χ4v) is 3.75. The van der Waals surface area contributed by atoms with Crippen molar-refractivity contribution in [2.24, 2.45) is 5.92 Å². The van der Waals surface area contributed by atoms with Gasteiger partial charge in [0.05, 0.1) is 18.2 Å². The standard InChI is InChI=1S/C16H21ClN2O2.ClH/c1-21-15-7-6-11(9-12(15)17)18-16(20)14-8-10-4-2-3-5-13(10)19-14;/h6-7,9-10,13-14,19H,2-5,8H2,1H3,(H,18,20);1H. The summed E-state index contributed by atoms with van der Waals surface area (Å²) in [6.45, 7) is 0. The zero-order chi connectivity index (χ0) is 14.8. The van der Waals surface area contributed by atoms with E-state index in [1.54, 1.807) is 19.2 Å². The Kier molecular flexibility index (Phi) is 5.95.